The van der Waals surface area contributed by atoms with Gasteiger partial charge in [-0.2, -0.15) is 4.98 Å². The number of urea groups is 1. The maximum atomic E-state index is 12.5. The van der Waals surface area contributed by atoms with Gasteiger partial charge in [0.25, 0.3) is 0 Å². The zero-order valence-electron chi connectivity index (χ0n) is 16.3. The van der Waals surface area contributed by atoms with Gasteiger partial charge >= 0.3 is 6.03 Å². The summed E-state index contributed by atoms with van der Waals surface area (Å²) in [5, 5.41) is 7.09. The van der Waals surface area contributed by atoms with Gasteiger partial charge in [0.2, 0.25) is 5.89 Å². The molecule has 1 saturated heterocycles. The Labute approximate surface area is 155 Å². The van der Waals surface area contributed by atoms with E-state index in [1.807, 2.05) is 20.8 Å². The van der Waals surface area contributed by atoms with E-state index in [0.717, 1.165) is 31.9 Å². The highest BCUT2D eigenvalue weighted by Crippen LogP contribution is 2.31. The van der Waals surface area contributed by atoms with E-state index >= 15 is 0 Å². The maximum absolute atomic E-state index is 12.5. The van der Waals surface area contributed by atoms with Gasteiger partial charge in [0.1, 0.15) is 6.04 Å². The van der Waals surface area contributed by atoms with Gasteiger partial charge in [-0.15, -0.1) is 0 Å². The molecule has 2 aliphatic rings. The summed E-state index contributed by atoms with van der Waals surface area (Å²) in [6.07, 6.45) is 7.71. The van der Waals surface area contributed by atoms with Crippen LogP contribution >= 0.6 is 0 Å². The van der Waals surface area contributed by atoms with E-state index in [2.05, 4.69) is 15.5 Å². The standard InChI is InChI=1S/C19H32N4O3/c1-19(2,3)21-18(24)23-11-6-9-15(23)17-20-16(22-26-17)10-12-25-13-14-7-4-5-8-14/h14-15H,4-13H2,1-3H3,(H,21,24). The van der Waals surface area contributed by atoms with Crippen molar-refractivity contribution in [2.75, 3.05) is 19.8 Å². The predicted molar refractivity (Wildman–Crippen MR) is 97.7 cm³/mol. The molecule has 3 rings (SSSR count). The van der Waals surface area contributed by atoms with Crippen LogP contribution in [-0.4, -0.2) is 46.4 Å². The monoisotopic (exact) mass is 364 g/mol. The fraction of sp³-hybridized carbons (Fsp3) is 0.842. The van der Waals surface area contributed by atoms with Crippen LogP contribution in [0.3, 0.4) is 0 Å². The highest BCUT2D eigenvalue weighted by molar-refractivity contribution is 5.75. The van der Waals surface area contributed by atoms with E-state index in [1.165, 1.54) is 25.7 Å². The molecule has 146 valence electrons. The number of likely N-dealkylation sites (tertiary alicyclic amines) is 1. The molecule has 1 aromatic heterocycles. The average molecular weight is 364 g/mol. The van der Waals surface area contributed by atoms with E-state index < -0.39 is 0 Å². The first kappa shape index (κ1) is 19.1. The summed E-state index contributed by atoms with van der Waals surface area (Å²) in [6.45, 7) is 8.11. The molecule has 0 aromatic carbocycles. The highest BCUT2D eigenvalue weighted by atomic mass is 16.5. The molecule has 1 aliphatic heterocycles. The van der Waals surface area contributed by atoms with Crippen LogP contribution in [0, 0.1) is 5.92 Å². The van der Waals surface area contributed by atoms with E-state index in [0.29, 0.717) is 24.7 Å². The van der Waals surface area contributed by atoms with Gasteiger partial charge in [0.05, 0.1) is 6.61 Å². The van der Waals surface area contributed by atoms with Gasteiger partial charge in [-0.1, -0.05) is 18.0 Å². The zero-order chi connectivity index (χ0) is 18.6. The van der Waals surface area contributed by atoms with Crippen LogP contribution in [0.2, 0.25) is 0 Å². The van der Waals surface area contributed by atoms with Crippen molar-refractivity contribution < 1.29 is 14.1 Å². The van der Waals surface area contributed by atoms with Gasteiger partial charge in [0.15, 0.2) is 5.82 Å². The summed E-state index contributed by atoms with van der Waals surface area (Å²) in [6, 6.07) is -0.197. The maximum Gasteiger partial charge on any atom is 0.318 e. The van der Waals surface area contributed by atoms with Crippen LogP contribution in [0.15, 0.2) is 4.52 Å². The summed E-state index contributed by atoms with van der Waals surface area (Å²) in [7, 11) is 0. The predicted octanol–water partition coefficient (Wildman–Crippen LogP) is 3.46. The zero-order valence-corrected chi connectivity index (χ0v) is 16.3. The Hall–Kier alpha value is -1.63. The van der Waals surface area contributed by atoms with E-state index in [9.17, 15) is 4.79 Å². The third kappa shape index (κ3) is 5.19. The van der Waals surface area contributed by atoms with Crippen molar-refractivity contribution >= 4 is 6.03 Å². The minimum atomic E-state index is -0.263. The van der Waals surface area contributed by atoms with E-state index in [1.54, 1.807) is 4.90 Å². The Kier molecular flexibility index (Phi) is 6.16. The van der Waals surface area contributed by atoms with Crippen LogP contribution in [-0.2, 0) is 11.2 Å². The molecule has 2 amide bonds. The first-order chi connectivity index (χ1) is 12.4. The number of carbonyl (C=O) groups is 1. The Bertz CT molecular complexity index is 590. The minimum Gasteiger partial charge on any atom is -0.381 e. The number of nitrogens with one attached hydrogen (secondary N) is 1. The quantitative estimate of drug-likeness (QED) is 0.782. The summed E-state index contributed by atoms with van der Waals surface area (Å²) < 4.78 is 11.2. The number of nitrogens with zero attached hydrogens (tertiary/aromatic N) is 3. The van der Waals surface area contributed by atoms with Crippen LogP contribution in [0.4, 0.5) is 4.79 Å². The van der Waals surface area contributed by atoms with Crippen molar-refractivity contribution in [2.24, 2.45) is 5.92 Å². The summed E-state index contributed by atoms with van der Waals surface area (Å²) in [5.41, 5.74) is -0.263. The second kappa shape index (κ2) is 8.37. The second-order valence-electron chi connectivity index (χ2n) is 8.56. The fourth-order valence-electron chi connectivity index (χ4n) is 3.75. The molecule has 1 aliphatic carbocycles. The molecular formula is C19H32N4O3. The van der Waals surface area contributed by atoms with Crippen molar-refractivity contribution in [2.45, 2.75) is 77.3 Å². The van der Waals surface area contributed by atoms with E-state index in [-0.39, 0.29) is 17.6 Å². The van der Waals surface area contributed by atoms with Gasteiger partial charge < -0.3 is 19.5 Å². The third-order valence-corrected chi connectivity index (χ3v) is 5.06. The summed E-state index contributed by atoms with van der Waals surface area (Å²) >= 11 is 0. The normalized spacial score (nSPS) is 21.5. The minimum absolute atomic E-state index is 0.0698. The molecule has 2 fully saturated rings. The molecule has 2 heterocycles. The number of hydrogen-bond donors (Lipinski definition) is 1. The van der Waals surface area contributed by atoms with Gasteiger partial charge in [0, 0.05) is 25.1 Å². The second-order valence-corrected chi connectivity index (χ2v) is 8.56. The Balaban J connectivity index is 1.48. The topological polar surface area (TPSA) is 80.5 Å². The van der Waals surface area contributed by atoms with Gasteiger partial charge in [-0.25, -0.2) is 4.79 Å². The highest BCUT2D eigenvalue weighted by Gasteiger charge is 2.35. The molecule has 0 bridgehead atoms. The van der Waals surface area contributed by atoms with Crippen LogP contribution in [0.5, 0.6) is 0 Å². The summed E-state index contributed by atoms with van der Waals surface area (Å²) in [5.74, 6) is 1.93. The lowest BCUT2D eigenvalue weighted by Gasteiger charge is -2.28. The molecule has 1 N–H and O–H groups in total. The van der Waals surface area contributed by atoms with Crippen molar-refractivity contribution in [3.63, 3.8) is 0 Å². The van der Waals surface area contributed by atoms with Crippen molar-refractivity contribution in [1.29, 1.82) is 0 Å². The van der Waals surface area contributed by atoms with Crippen LogP contribution in [0.1, 0.15) is 77.1 Å². The Morgan fingerprint density at radius 1 is 1.27 bits per heavy atom. The molecule has 0 spiro atoms. The molecule has 0 radical (unpaired) electrons. The molecule has 1 aromatic rings. The molecule has 7 nitrogen and oxygen atoms in total. The smallest absolute Gasteiger partial charge is 0.318 e. The third-order valence-electron chi connectivity index (χ3n) is 5.06. The number of aromatic nitrogens is 2. The number of carbonyl (C=O) groups excluding carboxylic acids is 1. The van der Waals surface area contributed by atoms with Crippen molar-refractivity contribution in [3.05, 3.63) is 11.7 Å². The number of hydrogen-bond acceptors (Lipinski definition) is 5. The lowest BCUT2D eigenvalue weighted by molar-refractivity contribution is 0.102. The van der Waals surface area contributed by atoms with Gasteiger partial charge in [-0.05, 0) is 52.4 Å². The van der Waals surface area contributed by atoms with E-state index in [4.69, 9.17) is 9.26 Å². The first-order valence-electron chi connectivity index (χ1n) is 9.91. The SMILES string of the molecule is CC(C)(C)NC(=O)N1CCCC1c1nc(CCOCC2CCCC2)no1. The number of rotatable bonds is 6. The first-order valence-corrected chi connectivity index (χ1v) is 9.91. The molecule has 1 saturated carbocycles. The van der Waals surface area contributed by atoms with Crippen molar-refractivity contribution in [1.82, 2.24) is 20.4 Å². The van der Waals surface area contributed by atoms with Crippen LogP contribution < -0.4 is 5.32 Å². The van der Waals surface area contributed by atoms with Crippen molar-refractivity contribution in [3.8, 4) is 0 Å². The Morgan fingerprint density at radius 3 is 2.77 bits per heavy atom. The van der Waals surface area contributed by atoms with Gasteiger partial charge in [-0.3, -0.25) is 0 Å². The lowest BCUT2D eigenvalue weighted by Crippen LogP contribution is -2.48. The number of amides is 2. The molecular weight excluding hydrogens is 332 g/mol. The molecule has 26 heavy (non-hydrogen) atoms. The molecule has 1 atom stereocenters. The van der Waals surface area contributed by atoms with Crippen LogP contribution in [0.25, 0.3) is 0 Å². The molecule has 1 unspecified atom stereocenters. The summed E-state index contributed by atoms with van der Waals surface area (Å²) in [4.78, 5) is 18.8. The fourth-order valence-corrected chi connectivity index (χ4v) is 3.75. The molecule has 7 heteroatoms. The lowest BCUT2D eigenvalue weighted by atomic mass is 10.1. The average Bonchev–Trinajstić information content (AvgIpc) is 3.29. The number of ether oxygens (including phenoxy) is 1. The largest absolute Gasteiger partial charge is 0.381 e. The Morgan fingerprint density at radius 2 is 2.04 bits per heavy atom.